The molecule has 1 aromatic carbocycles. The minimum absolute atomic E-state index is 0.0550. The molecular formula is C16H23ClN2O2. The molecule has 3 rings (SSSR count). The number of halogens is 1. The number of aliphatic hydroxyl groups excluding tert-OH is 1. The second kappa shape index (κ2) is 6.53. The summed E-state index contributed by atoms with van der Waals surface area (Å²) in [6.07, 6.45) is 2.44. The van der Waals surface area contributed by atoms with Crippen LogP contribution in [-0.2, 0) is 11.3 Å². The minimum Gasteiger partial charge on any atom is -0.394 e. The first-order valence-corrected chi connectivity index (χ1v) is 8.06. The molecule has 4 nitrogen and oxygen atoms in total. The number of ether oxygens (including phenoxy) is 1. The van der Waals surface area contributed by atoms with E-state index in [1.807, 2.05) is 12.1 Å². The van der Waals surface area contributed by atoms with Crippen molar-refractivity contribution in [2.75, 3.05) is 24.7 Å². The number of rotatable bonds is 5. The van der Waals surface area contributed by atoms with Crippen LogP contribution >= 0.6 is 11.6 Å². The predicted octanol–water partition coefficient (Wildman–Crippen LogP) is 2.18. The Bertz CT molecular complexity index is 493. The van der Waals surface area contributed by atoms with Crippen molar-refractivity contribution in [3.05, 3.63) is 28.8 Å². The number of benzene rings is 1. The van der Waals surface area contributed by atoms with E-state index in [1.54, 1.807) is 0 Å². The second-order valence-corrected chi connectivity index (χ2v) is 6.50. The van der Waals surface area contributed by atoms with Gasteiger partial charge >= 0.3 is 0 Å². The van der Waals surface area contributed by atoms with Gasteiger partial charge in [-0.1, -0.05) is 17.7 Å². The maximum Gasteiger partial charge on any atom is 0.0981 e. The zero-order valence-electron chi connectivity index (χ0n) is 12.4. The Morgan fingerprint density at radius 2 is 2.24 bits per heavy atom. The van der Waals surface area contributed by atoms with Gasteiger partial charge in [-0.25, -0.2) is 0 Å². The minimum atomic E-state index is -0.121. The van der Waals surface area contributed by atoms with Crippen molar-refractivity contribution in [2.45, 2.75) is 44.5 Å². The maximum atomic E-state index is 9.36. The molecule has 1 aliphatic carbocycles. The van der Waals surface area contributed by atoms with E-state index in [4.69, 9.17) is 16.3 Å². The van der Waals surface area contributed by atoms with Crippen LogP contribution in [0.3, 0.4) is 0 Å². The van der Waals surface area contributed by atoms with Crippen LogP contribution in [0.5, 0.6) is 0 Å². The van der Waals surface area contributed by atoms with E-state index in [9.17, 15) is 5.11 Å². The van der Waals surface area contributed by atoms with Gasteiger partial charge in [-0.05, 0) is 37.5 Å². The lowest BCUT2D eigenvalue weighted by Crippen LogP contribution is -2.50. The van der Waals surface area contributed by atoms with E-state index >= 15 is 0 Å². The molecule has 0 bridgehead atoms. The van der Waals surface area contributed by atoms with Gasteiger partial charge in [0.25, 0.3) is 0 Å². The van der Waals surface area contributed by atoms with Gasteiger partial charge in [-0.15, -0.1) is 0 Å². The van der Waals surface area contributed by atoms with Gasteiger partial charge in [-0.2, -0.15) is 0 Å². The largest absolute Gasteiger partial charge is 0.394 e. The molecule has 2 aliphatic rings. The summed E-state index contributed by atoms with van der Waals surface area (Å²) >= 11 is 6.20. The first kappa shape index (κ1) is 15.1. The lowest BCUT2D eigenvalue weighted by atomic mass is 10.1. The topological polar surface area (TPSA) is 44.7 Å². The molecule has 2 N–H and O–H groups in total. The lowest BCUT2D eigenvalue weighted by Gasteiger charge is -2.40. The van der Waals surface area contributed by atoms with Crippen LogP contribution < -0.4 is 10.2 Å². The molecule has 2 fully saturated rings. The van der Waals surface area contributed by atoms with Crippen molar-refractivity contribution in [1.29, 1.82) is 0 Å². The fourth-order valence-corrected chi connectivity index (χ4v) is 2.93. The third-order valence-corrected chi connectivity index (χ3v) is 4.46. The SMILES string of the molecule is CC1COC(CO)CN1c1cc(Cl)ccc1CNC1CC1. The molecule has 0 spiro atoms. The highest BCUT2D eigenvalue weighted by atomic mass is 35.5. The summed E-state index contributed by atoms with van der Waals surface area (Å²) < 4.78 is 5.63. The molecule has 0 radical (unpaired) electrons. The number of nitrogens with zero attached hydrogens (tertiary/aromatic N) is 1. The van der Waals surface area contributed by atoms with Crippen molar-refractivity contribution in [2.24, 2.45) is 0 Å². The molecule has 21 heavy (non-hydrogen) atoms. The average Bonchev–Trinajstić information content (AvgIpc) is 3.31. The van der Waals surface area contributed by atoms with E-state index in [-0.39, 0.29) is 18.8 Å². The van der Waals surface area contributed by atoms with Crippen molar-refractivity contribution in [3.8, 4) is 0 Å². The van der Waals surface area contributed by atoms with Crippen molar-refractivity contribution in [3.63, 3.8) is 0 Å². The molecule has 1 saturated carbocycles. The van der Waals surface area contributed by atoms with Crippen LogP contribution in [0.1, 0.15) is 25.3 Å². The molecule has 1 aromatic rings. The molecule has 1 aliphatic heterocycles. The van der Waals surface area contributed by atoms with Crippen molar-refractivity contribution < 1.29 is 9.84 Å². The molecule has 1 saturated heterocycles. The Kier molecular flexibility index (Phi) is 4.69. The van der Waals surface area contributed by atoms with Gasteiger partial charge in [0, 0.05) is 35.9 Å². The van der Waals surface area contributed by atoms with Crippen LogP contribution in [-0.4, -0.2) is 43.1 Å². The Balaban J connectivity index is 1.81. The normalized spacial score (nSPS) is 26.1. The summed E-state index contributed by atoms with van der Waals surface area (Å²) in [7, 11) is 0. The Morgan fingerprint density at radius 3 is 2.95 bits per heavy atom. The van der Waals surface area contributed by atoms with E-state index < -0.39 is 0 Å². The highest BCUT2D eigenvalue weighted by molar-refractivity contribution is 6.30. The average molecular weight is 311 g/mol. The fraction of sp³-hybridized carbons (Fsp3) is 0.625. The molecule has 2 unspecified atom stereocenters. The highest BCUT2D eigenvalue weighted by Gasteiger charge is 2.28. The van der Waals surface area contributed by atoms with Crippen LogP contribution in [0.25, 0.3) is 0 Å². The molecule has 116 valence electrons. The summed E-state index contributed by atoms with van der Waals surface area (Å²) in [5, 5.41) is 13.7. The van der Waals surface area contributed by atoms with Crippen LogP contribution in [0.4, 0.5) is 5.69 Å². The smallest absolute Gasteiger partial charge is 0.0981 e. The summed E-state index contributed by atoms with van der Waals surface area (Å²) in [6, 6.07) is 7.04. The number of aliphatic hydroxyl groups is 1. The number of hydrogen-bond donors (Lipinski definition) is 2. The van der Waals surface area contributed by atoms with Crippen LogP contribution in [0, 0.1) is 0 Å². The monoisotopic (exact) mass is 310 g/mol. The standard InChI is InChI=1S/C16H23ClN2O2/c1-11-10-21-15(9-20)8-19(11)16-6-13(17)3-2-12(16)7-18-14-4-5-14/h2-3,6,11,14-15,18,20H,4-5,7-10H2,1H3. The highest BCUT2D eigenvalue weighted by Crippen LogP contribution is 2.30. The first-order chi connectivity index (χ1) is 10.2. The van der Waals surface area contributed by atoms with Crippen molar-refractivity contribution in [1.82, 2.24) is 5.32 Å². The Morgan fingerprint density at radius 1 is 1.43 bits per heavy atom. The summed E-state index contributed by atoms with van der Waals surface area (Å²) in [5.41, 5.74) is 2.42. The molecule has 2 atom stereocenters. The van der Waals surface area contributed by atoms with Gasteiger partial charge in [0.05, 0.1) is 19.3 Å². The number of nitrogens with one attached hydrogen (secondary N) is 1. The molecule has 0 aromatic heterocycles. The number of hydrogen-bond acceptors (Lipinski definition) is 4. The third kappa shape index (κ3) is 3.69. The van der Waals surface area contributed by atoms with E-state index in [2.05, 4.69) is 23.2 Å². The second-order valence-electron chi connectivity index (χ2n) is 6.07. The number of morpholine rings is 1. The molecule has 1 heterocycles. The number of anilines is 1. The zero-order chi connectivity index (χ0) is 14.8. The molecule has 0 amide bonds. The predicted molar refractivity (Wildman–Crippen MR) is 84.9 cm³/mol. The Labute approximate surface area is 131 Å². The van der Waals surface area contributed by atoms with Crippen LogP contribution in [0.2, 0.25) is 5.02 Å². The quantitative estimate of drug-likeness (QED) is 0.875. The third-order valence-electron chi connectivity index (χ3n) is 4.22. The Hall–Kier alpha value is -0.810. The fourth-order valence-electron chi connectivity index (χ4n) is 2.76. The summed E-state index contributed by atoms with van der Waals surface area (Å²) in [4.78, 5) is 2.31. The maximum absolute atomic E-state index is 9.36. The summed E-state index contributed by atoms with van der Waals surface area (Å²) in [5.74, 6) is 0. The summed E-state index contributed by atoms with van der Waals surface area (Å²) in [6.45, 7) is 4.40. The van der Waals surface area contributed by atoms with Gasteiger partial charge < -0.3 is 20.1 Å². The van der Waals surface area contributed by atoms with Gasteiger partial charge in [0.1, 0.15) is 0 Å². The van der Waals surface area contributed by atoms with Crippen LogP contribution in [0.15, 0.2) is 18.2 Å². The van der Waals surface area contributed by atoms with Gasteiger partial charge in [0.15, 0.2) is 0 Å². The van der Waals surface area contributed by atoms with Gasteiger partial charge in [-0.3, -0.25) is 0 Å². The van der Waals surface area contributed by atoms with Gasteiger partial charge in [0.2, 0.25) is 0 Å². The zero-order valence-corrected chi connectivity index (χ0v) is 13.1. The van der Waals surface area contributed by atoms with E-state index in [0.29, 0.717) is 19.2 Å². The van der Waals surface area contributed by atoms with Crippen molar-refractivity contribution >= 4 is 17.3 Å². The first-order valence-electron chi connectivity index (χ1n) is 7.68. The van der Waals surface area contributed by atoms with E-state index in [1.165, 1.54) is 18.4 Å². The lowest BCUT2D eigenvalue weighted by molar-refractivity contribution is -0.0103. The van der Waals surface area contributed by atoms with E-state index in [0.717, 1.165) is 17.3 Å². The molecular weight excluding hydrogens is 288 g/mol. The molecule has 5 heteroatoms.